The molecule has 59 heavy (non-hydrogen) atoms. The Hall–Kier alpha value is -6.39. The number of nitrogens with zero attached hydrogens (tertiary/aromatic N) is 2. The second kappa shape index (κ2) is 20.3. The molecule has 1 aliphatic heterocycles. The van der Waals surface area contributed by atoms with Gasteiger partial charge < -0.3 is 34.8 Å². The molecule has 1 aliphatic rings. The smallest absolute Gasteiger partial charge is 0.220 e. The molecule has 1 amide bonds. The van der Waals surface area contributed by atoms with Gasteiger partial charge in [-0.25, -0.2) is 4.99 Å². The number of H-pyrrole nitrogens is 2. The Morgan fingerprint density at radius 1 is 0.881 bits per heavy atom. The van der Waals surface area contributed by atoms with Gasteiger partial charge in [0.25, 0.3) is 0 Å². The number of aliphatic imine (C=N–C) groups is 1. The van der Waals surface area contributed by atoms with E-state index in [1.807, 2.05) is 81.7 Å². The van der Waals surface area contributed by atoms with Crippen molar-refractivity contribution in [1.82, 2.24) is 20.2 Å². The number of carbonyl (C=O) groups excluding carboxylic acids is 2. The summed E-state index contributed by atoms with van der Waals surface area (Å²) in [4.78, 5) is 39.3. The van der Waals surface area contributed by atoms with Crippen LogP contribution in [-0.2, 0) is 9.53 Å². The minimum absolute atomic E-state index is 0.0119. The van der Waals surface area contributed by atoms with Crippen LogP contribution in [0.2, 0.25) is 0 Å². The van der Waals surface area contributed by atoms with Gasteiger partial charge in [-0.3, -0.25) is 9.59 Å². The number of allylic oxidation sites excluding steroid dienone is 2. The lowest BCUT2D eigenvalue weighted by Crippen LogP contribution is -2.34. The molecule has 6 rings (SSSR count). The molecule has 10 nitrogen and oxygen atoms in total. The van der Waals surface area contributed by atoms with Crippen LogP contribution in [0, 0.1) is 13.8 Å². The van der Waals surface area contributed by atoms with Crippen molar-refractivity contribution in [1.29, 1.82) is 0 Å². The zero-order valence-electron chi connectivity index (χ0n) is 34.7. The lowest BCUT2D eigenvalue weighted by Gasteiger charge is -2.18. The first-order chi connectivity index (χ1) is 28.6. The molecule has 0 saturated heterocycles. The van der Waals surface area contributed by atoms with Crippen molar-refractivity contribution in [2.24, 2.45) is 4.99 Å². The van der Waals surface area contributed by atoms with Crippen LogP contribution in [0.25, 0.3) is 17.2 Å². The van der Waals surface area contributed by atoms with Crippen LogP contribution in [-0.4, -0.2) is 77.8 Å². The molecule has 0 spiro atoms. The molecular weight excluding hydrogens is 739 g/mol. The Kier molecular flexibility index (Phi) is 14.6. The third-order valence-electron chi connectivity index (χ3n) is 10.6. The average Bonchev–Trinajstić information content (AvgIpc) is 3.99. The van der Waals surface area contributed by atoms with Crippen LogP contribution in [0.4, 0.5) is 0 Å². The number of unbranched alkanes of at least 4 members (excludes halogenated alkanes) is 1. The Bertz CT molecular complexity index is 2320. The third-order valence-corrected chi connectivity index (χ3v) is 10.6. The summed E-state index contributed by atoms with van der Waals surface area (Å²) < 4.78 is 11.7. The number of Topliss-reactive ketones (excluding diaryl/α,β-unsaturated/α-hetero) is 1. The number of ether oxygens (including phenoxy) is 2. The zero-order valence-corrected chi connectivity index (χ0v) is 34.7. The van der Waals surface area contributed by atoms with Gasteiger partial charge in [0.1, 0.15) is 29.6 Å². The van der Waals surface area contributed by atoms with Crippen molar-refractivity contribution in [2.75, 3.05) is 40.4 Å². The van der Waals surface area contributed by atoms with Crippen LogP contribution >= 0.6 is 0 Å². The number of amides is 1. The maximum atomic E-state index is 13.3. The maximum absolute atomic E-state index is 13.3. The van der Waals surface area contributed by atoms with Crippen LogP contribution in [0.15, 0.2) is 120 Å². The number of phenols is 1. The van der Waals surface area contributed by atoms with Gasteiger partial charge in [-0.05, 0) is 116 Å². The van der Waals surface area contributed by atoms with E-state index in [9.17, 15) is 14.7 Å². The van der Waals surface area contributed by atoms with E-state index in [1.165, 1.54) is 11.1 Å². The van der Waals surface area contributed by atoms with E-state index >= 15 is 0 Å². The Morgan fingerprint density at radius 3 is 2.27 bits per heavy atom. The van der Waals surface area contributed by atoms with Crippen molar-refractivity contribution < 1.29 is 24.2 Å². The number of carbonyl (C=O) groups is 2. The number of aromatic hydroxyl groups is 1. The highest BCUT2D eigenvalue weighted by Crippen LogP contribution is 2.36. The molecule has 2 aromatic heterocycles. The number of ketones is 1. The Morgan fingerprint density at radius 2 is 1.59 bits per heavy atom. The van der Waals surface area contributed by atoms with E-state index < -0.39 is 0 Å². The molecule has 0 atom stereocenters. The van der Waals surface area contributed by atoms with Gasteiger partial charge in [-0.1, -0.05) is 61.5 Å². The number of nitrogens with one attached hydrogen (secondary N) is 3. The summed E-state index contributed by atoms with van der Waals surface area (Å²) in [6.45, 7) is 8.46. The standard InChI is InChI=1S/C49H55N5O5/c1-6-40(35-13-8-7-9-14-35)49(36-18-22-38(55)23-19-36)37-20-24-39(25-21-37)59-30-29-54(4)28-27-51-47(57)17-11-10-16-45(56)48-33(2)42(52-34(48)3)31-44-46(58-5)32-43(53-44)41-15-12-26-50-41/h7-9,12-15,18-26,31-32,50,52,55H,6,10-11,16-17,27-30H2,1-5H3,(H,51,57)/b44-31+,49-40+. The minimum Gasteiger partial charge on any atom is -0.508 e. The van der Waals surface area contributed by atoms with E-state index in [-0.39, 0.29) is 17.4 Å². The van der Waals surface area contributed by atoms with Crippen molar-refractivity contribution in [3.8, 4) is 11.5 Å². The first-order valence-corrected chi connectivity index (χ1v) is 20.3. The first kappa shape index (κ1) is 42.2. The molecule has 306 valence electrons. The normalized spacial score (nSPS) is 13.6. The van der Waals surface area contributed by atoms with E-state index in [0.717, 1.165) is 57.2 Å². The van der Waals surface area contributed by atoms with Gasteiger partial charge in [0.2, 0.25) is 5.91 Å². The molecule has 10 heteroatoms. The molecule has 3 heterocycles. The molecule has 3 aromatic carbocycles. The zero-order chi connectivity index (χ0) is 41.7. The fourth-order valence-corrected chi connectivity index (χ4v) is 7.41. The topological polar surface area (TPSA) is 132 Å². The van der Waals surface area contributed by atoms with Gasteiger partial charge in [0.05, 0.1) is 18.5 Å². The van der Waals surface area contributed by atoms with Crippen LogP contribution < -0.4 is 10.1 Å². The number of hydrogen-bond acceptors (Lipinski definition) is 7. The predicted octanol–water partition coefficient (Wildman–Crippen LogP) is 9.28. The SMILES string of the molecule is CC/C(=C(/c1ccc(O)cc1)c1ccc(OCCN(C)CCNC(=O)CCCCC(=O)c2c(C)[nH]c(/C=C3/N=C(c4ccc[nH]4)C=C3OC)c2C)cc1)c1ccccc1. The number of aromatic nitrogens is 2. The monoisotopic (exact) mass is 793 g/mol. The predicted molar refractivity (Wildman–Crippen MR) is 237 cm³/mol. The fraction of sp³-hybridized carbons (Fsp3) is 0.286. The van der Waals surface area contributed by atoms with Crippen LogP contribution in [0.1, 0.15) is 88.7 Å². The molecule has 0 fully saturated rings. The molecule has 5 aromatic rings. The Balaban J connectivity index is 0.911. The van der Waals surface area contributed by atoms with Crippen LogP contribution in [0.3, 0.4) is 0 Å². The van der Waals surface area contributed by atoms with E-state index in [0.29, 0.717) is 68.9 Å². The number of benzene rings is 3. The summed E-state index contributed by atoms with van der Waals surface area (Å²) >= 11 is 0. The number of methoxy groups -OCH3 is 1. The number of likely N-dealkylation sites (N-methyl/N-ethyl adjacent to an activating group) is 1. The number of aryl methyl sites for hydroxylation is 1. The van der Waals surface area contributed by atoms with Crippen molar-refractivity contribution in [3.63, 3.8) is 0 Å². The highest BCUT2D eigenvalue weighted by atomic mass is 16.5. The van der Waals surface area contributed by atoms with E-state index in [1.54, 1.807) is 19.2 Å². The summed E-state index contributed by atoms with van der Waals surface area (Å²) in [5.74, 6) is 1.74. The van der Waals surface area contributed by atoms with E-state index in [4.69, 9.17) is 14.5 Å². The quantitative estimate of drug-likeness (QED) is 0.0353. The lowest BCUT2D eigenvalue weighted by molar-refractivity contribution is -0.121. The first-order valence-electron chi connectivity index (χ1n) is 20.3. The van der Waals surface area contributed by atoms with Gasteiger partial charge in [-0.2, -0.15) is 0 Å². The number of rotatable bonds is 20. The van der Waals surface area contributed by atoms with Crippen molar-refractivity contribution in [3.05, 3.63) is 160 Å². The van der Waals surface area contributed by atoms with Gasteiger partial charge in [0.15, 0.2) is 5.78 Å². The second-order valence-electron chi connectivity index (χ2n) is 14.8. The molecule has 0 unspecified atom stereocenters. The summed E-state index contributed by atoms with van der Waals surface area (Å²) in [5.41, 5.74) is 11.2. The fourth-order valence-electron chi connectivity index (χ4n) is 7.41. The minimum atomic E-state index is -0.0119. The molecular formula is C49H55N5O5. The average molecular weight is 794 g/mol. The summed E-state index contributed by atoms with van der Waals surface area (Å²) in [7, 11) is 3.63. The summed E-state index contributed by atoms with van der Waals surface area (Å²) in [5, 5.41) is 12.9. The molecule has 0 aliphatic carbocycles. The molecule has 0 saturated carbocycles. The Labute approximate surface area is 347 Å². The molecule has 0 bridgehead atoms. The summed E-state index contributed by atoms with van der Waals surface area (Å²) in [6, 6.07) is 29.8. The summed E-state index contributed by atoms with van der Waals surface area (Å²) in [6.07, 6.45) is 8.53. The van der Waals surface area contributed by atoms with Crippen LogP contribution in [0.5, 0.6) is 11.5 Å². The van der Waals surface area contributed by atoms with Gasteiger partial charge in [0, 0.05) is 61.7 Å². The van der Waals surface area contributed by atoms with Gasteiger partial charge >= 0.3 is 0 Å². The van der Waals surface area contributed by atoms with Gasteiger partial charge in [-0.15, -0.1) is 0 Å². The van der Waals surface area contributed by atoms with Crippen molar-refractivity contribution >= 4 is 34.6 Å². The number of hydrogen-bond donors (Lipinski definition) is 4. The highest BCUT2D eigenvalue weighted by molar-refractivity contribution is 6.11. The van der Waals surface area contributed by atoms with E-state index in [2.05, 4.69) is 63.5 Å². The molecule has 0 radical (unpaired) electrons. The molecule has 4 N–H and O–H groups in total. The van der Waals surface area contributed by atoms with Crippen molar-refractivity contribution in [2.45, 2.75) is 52.9 Å². The maximum Gasteiger partial charge on any atom is 0.220 e. The third kappa shape index (κ3) is 11.0. The number of aromatic amines is 2. The lowest BCUT2D eigenvalue weighted by atomic mass is 9.88. The highest BCUT2D eigenvalue weighted by Gasteiger charge is 2.21. The largest absolute Gasteiger partial charge is 0.508 e. The number of phenolic OH excluding ortho intramolecular Hbond substituents is 1. The second-order valence-corrected chi connectivity index (χ2v) is 14.8.